The van der Waals surface area contributed by atoms with E-state index in [0.29, 0.717) is 16.6 Å². The van der Waals surface area contributed by atoms with Crippen molar-refractivity contribution in [2.75, 3.05) is 13.6 Å². The zero-order chi connectivity index (χ0) is 13.6. The summed E-state index contributed by atoms with van der Waals surface area (Å²) in [6.07, 6.45) is 6.67. The second-order valence-corrected chi connectivity index (χ2v) is 8.40. The monoisotopic (exact) mass is 265 g/mol. The molecule has 1 aliphatic carbocycles. The summed E-state index contributed by atoms with van der Waals surface area (Å²) in [5.74, 6) is 1.45. The molecule has 0 aromatic carbocycles. The number of hydrogen-bond acceptors (Lipinski definition) is 1. The van der Waals surface area contributed by atoms with E-state index in [2.05, 4.69) is 40.6 Å². The summed E-state index contributed by atoms with van der Waals surface area (Å²) < 4.78 is 0. The minimum Gasteiger partial charge on any atom is -0.369 e. The quantitative estimate of drug-likeness (QED) is 0.488. The number of nitrogens with zero attached hydrogens (tertiary/aromatic N) is 1. The van der Waals surface area contributed by atoms with Crippen LogP contribution < -0.4 is 0 Å². The van der Waals surface area contributed by atoms with Crippen LogP contribution in [0, 0.1) is 17.3 Å². The maximum Gasteiger partial charge on any atom is 0.109 e. The normalized spacial score (nSPS) is 40.9. The first-order valence-corrected chi connectivity index (χ1v) is 7.89. The highest BCUT2D eigenvalue weighted by Gasteiger charge is 2.44. The van der Waals surface area contributed by atoms with Crippen molar-refractivity contribution in [1.29, 1.82) is 0 Å². The molecule has 0 spiro atoms. The van der Waals surface area contributed by atoms with Gasteiger partial charge in [0.1, 0.15) is 7.85 Å². The molecule has 3 unspecified atom stereocenters. The molecule has 18 heavy (non-hydrogen) atoms. The molecule has 3 heteroatoms. The van der Waals surface area contributed by atoms with E-state index in [4.69, 9.17) is 12.2 Å². The Morgan fingerprint density at radius 3 is 2.61 bits per heavy atom. The Morgan fingerprint density at radius 1 is 1.28 bits per heavy atom. The molecule has 102 valence electrons. The van der Waals surface area contributed by atoms with Gasteiger partial charge >= 0.3 is 0 Å². The molecular formula is C15H28BNS. The molecule has 0 radical (unpaired) electrons. The van der Waals surface area contributed by atoms with Crippen molar-refractivity contribution in [2.24, 2.45) is 17.3 Å². The van der Waals surface area contributed by atoms with E-state index >= 15 is 0 Å². The van der Waals surface area contributed by atoms with Crippen LogP contribution in [0.3, 0.4) is 0 Å². The van der Waals surface area contributed by atoms with Gasteiger partial charge in [-0.05, 0) is 30.6 Å². The maximum absolute atomic E-state index is 5.72. The summed E-state index contributed by atoms with van der Waals surface area (Å²) >= 11 is 5.72. The fraction of sp³-hybridized carbons (Fsp3) is 0.933. The predicted molar refractivity (Wildman–Crippen MR) is 86.0 cm³/mol. The minimum atomic E-state index is 0.430. The van der Waals surface area contributed by atoms with Crippen LogP contribution in [0.15, 0.2) is 0 Å². The van der Waals surface area contributed by atoms with Gasteiger partial charge < -0.3 is 4.90 Å². The lowest BCUT2D eigenvalue weighted by atomic mass is 9.53. The number of fused-ring (bicyclic) bond motifs is 1. The lowest BCUT2D eigenvalue weighted by molar-refractivity contribution is 0.0836. The Kier molecular flexibility index (Phi) is 3.84. The summed E-state index contributed by atoms with van der Waals surface area (Å²) in [5.41, 5.74) is 0.430. The standard InChI is InChI=1S/C15H28BNS/c1-14(2)10-15(3,16)8-5-6-11-12(14)7-9-17(4)13(11)18/h11-12H,5-10,16H2,1-4H3. The molecule has 1 saturated carbocycles. The fourth-order valence-electron chi connectivity index (χ4n) is 4.61. The van der Waals surface area contributed by atoms with E-state index in [1.165, 1.54) is 37.1 Å². The second-order valence-electron chi connectivity index (χ2n) is 7.98. The lowest BCUT2D eigenvalue weighted by Gasteiger charge is -2.50. The summed E-state index contributed by atoms with van der Waals surface area (Å²) in [4.78, 5) is 3.55. The smallest absolute Gasteiger partial charge is 0.109 e. The third-order valence-electron chi connectivity index (χ3n) is 5.26. The number of likely N-dealkylation sites (tertiary alicyclic amines) is 1. The number of hydrogen-bond donors (Lipinski definition) is 0. The molecule has 0 aromatic rings. The van der Waals surface area contributed by atoms with Crippen LogP contribution in [0.2, 0.25) is 5.31 Å². The highest BCUT2D eigenvalue weighted by Crippen LogP contribution is 2.52. The Hall–Kier alpha value is -0.0451. The number of rotatable bonds is 0. The van der Waals surface area contributed by atoms with Crippen molar-refractivity contribution < 1.29 is 0 Å². The van der Waals surface area contributed by atoms with Gasteiger partial charge in [0.15, 0.2) is 0 Å². The first-order valence-electron chi connectivity index (χ1n) is 7.48. The van der Waals surface area contributed by atoms with Crippen LogP contribution in [-0.4, -0.2) is 31.3 Å². The molecule has 2 rings (SSSR count). The zero-order valence-corrected chi connectivity index (χ0v) is 13.6. The predicted octanol–water partition coefficient (Wildman–Crippen LogP) is 3.29. The molecule has 0 aromatic heterocycles. The zero-order valence-electron chi connectivity index (χ0n) is 12.8. The number of piperidine rings is 1. The van der Waals surface area contributed by atoms with Crippen molar-refractivity contribution in [3.63, 3.8) is 0 Å². The van der Waals surface area contributed by atoms with Gasteiger partial charge in [-0.15, -0.1) is 0 Å². The van der Waals surface area contributed by atoms with E-state index in [9.17, 15) is 0 Å². The number of thiocarbonyl (C=S) groups is 1. The summed E-state index contributed by atoms with van der Waals surface area (Å²) in [6.45, 7) is 8.56. The topological polar surface area (TPSA) is 3.24 Å². The van der Waals surface area contributed by atoms with E-state index in [1.807, 2.05) is 0 Å². The van der Waals surface area contributed by atoms with E-state index in [-0.39, 0.29) is 0 Å². The summed E-state index contributed by atoms with van der Waals surface area (Å²) in [5, 5.41) is 0.499. The SMILES string of the molecule is BC1(C)CCCC2C(=S)N(C)CCC2C(C)(C)C1. The summed E-state index contributed by atoms with van der Waals surface area (Å²) in [6, 6.07) is 0. The van der Waals surface area contributed by atoms with Gasteiger partial charge in [0, 0.05) is 19.5 Å². The average molecular weight is 265 g/mol. The van der Waals surface area contributed by atoms with E-state index in [0.717, 1.165) is 12.5 Å². The van der Waals surface area contributed by atoms with Crippen LogP contribution in [-0.2, 0) is 0 Å². The molecule has 3 atom stereocenters. The largest absolute Gasteiger partial charge is 0.369 e. The Bertz CT molecular complexity index is 337. The molecular weight excluding hydrogens is 237 g/mol. The van der Waals surface area contributed by atoms with Gasteiger partial charge in [-0.25, -0.2) is 0 Å². The van der Waals surface area contributed by atoms with Gasteiger partial charge in [-0.2, -0.15) is 0 Å². The van der Waals surface area contributed by atoms with Crippen LogP contribution in [0.5, 0.6) is 0 Å². The van der Waals surface area contributed by atoms with Crippen LogP contribution in [0.1, 0.15) is 52.9 Å². The molecule has 2 fully saturated rings. The van der Waals surface area contributed by atoms with Crippen molar-refractivity contribution in [3.8, 4) is 0 Å². The van der Waals surface area contributed by atoms with Gasteiger partial charge in [0.25, 0.3) is 0 Å². The Morgan fingerprint density at radius 2 is 1.94 bits per heavy atom. The second kappa shape index (κ2) is 4.81. The van der Waals surface area contributed by atoms with Gasteiger partial charge in [-0.1, -0.05) is 51.1 Å². The van der Waals surface area contributed by atoms with E-state index in [1.54, 1.807) is 0 Å². The third kappa shape index (κ3) is 2.76. The molecule has 1 saturated heterocycles. The molecule has 1 heterocycles. The average Bonchev–Trinajstić information content (AvgIpc) is 2.20. The first kappa shape index (κ1) is 14.4. The minimum absolute atomic E-state index is 0.430. The van der Waals surface area contributed by atoms with E-state index < -0.39 is 0 Å². The van der Waals surface area contributed by atoms with Crippen LogP contribution in [0.25, 0.3) is 0 Å². The van der Waals surface area contributed by atoms with Crippen LogP contribution >= 0.6 is 12.2 Å². The summed E-state index contributed by atoms with van der Waals surface area (Å²) in [7, 11) is 4.62. The fourth-order valence-corrected chi connectivity index (χ4v) is 4.99. The Labute approximate surface area is 119 Å². The molecule has 0 N–H and O–H groups in total. The lowest BCUT2D eigenvalue weighted by Crippen LogP contribution is -2.48. The first-order chi connectivity index (χ1) is 8.23. The van der Waals surface area contributed by atoms with Crippen molar-refractivity contribution in [2.45, 2.75) is 58.2 Å². The highest BCUT2D eigenvalue weighted by atomic mass is 32.1. The van der Waals surface area contributed by atoms with Crippen LogP contribution in [0.4, 0.5) is 0 Å². The van der Waals surface area contributed by atoms with Crippen molar-refractivity contribution >= 4 is 25.1 Å². The van der Waals surface area contributed by atoms with Gasteiger partial charge in [-0.3, -0.25) is 0 Å². The molecule has 1 nitrogen and oxygen atoms in total. The van der Waals surface area contributed by atoms with Gasteiger partial charge in [0.2, 0.25) is 0 Å². The molecule has 1 aliphatic heterocycles. The highest BCUT2D eigenvalue weighted by molar-refractivity contribution is 7.80. The molecule has 0 bridgehead atoms. The van der Waals surface area contributed by atoms with Gasteiger partial charge in [0.05, 0.1) is 4.99 Å². The van der Waals surface area contributed by atoms with Crippen molar-refractivity contribution in [1.82, 2.24) is 4.90 Å². The molecule has 2 aliphatic rings. The third-order valence-corrected chi connectivity index (χ3v) is 5.88. The molecule has 0 amide bonds. The maximum atomic E-state index is 5.72. The van der Waals surface area contributed by atoms with Crippen molar-refractivity contribution in [3.05, 3.63) is 0 Å². The Balaban J connectivity index is 2.25.